The van der Waals surface area contributed by atoms with E-state index in [-0.39, 0.29) is 5.75 Å². The van der Waals surface area contributed by atoms with E-state index in [1.807, 2.05) is 12.2 Å². The standard InChI is InChI=1S/C10H9N3O/c14-10-3-8(4-11-7-10)1-2-9-5-12-13-6-9/h1-7,14H,(H,12,13)/b2-1+. The van der Waals surface area contributed by atoms with Crippen molar-refractivity contribution in [3.8, 4) is 5.75 Å². The monoisotopic (exact) mass is 187 g/mol. The van der Waals surface area contributed by atoms with Crippen molar-refractivity contribution in [1.82, 2.24) is 15.2 Å². The molecule has 2 N–H and O–H groups in total. The number of aromatic hydroxyl groups is 1. The van der Waals surface area contributed by atoms with Crippen LogP contribution in [0.3, 0.4) is 0 Å². The summed E-state index contributed by atoms with van der Waals surface area (Å²) in [5, 5.41) is 15.7. The van der Waals surface area contributed by atoms with E-state index in [1.54, 1.807) is 24.7 Å². The molecular weight excluding hydrogens is 178 g/mol. The van der Waals surface area contributed by atoms with E-state index >= 15 is 0 Å². The van der Waals surface area contributed by atoms with Gasteiger partial charge in [0.2, 0.25) is 0 Å². The van der Waals surface area contributed by atoms with Gasteiger partial charge in [0, 0.05) is 18.0 Å². The van der Waals surface area contributed by atoms with E-state index in [9.17, 15) is 0 Å². The van der Waals surface area contributed by atoms with Gasteiger partial charge in [0.15, 0.2) is 0 Å². The molecular formula is C10H9N3O. The molecule has 2 aromatic heterocycles. The molecule has 2 aromatic rings. The molecule has 0 unspecified atom stereocenters. The van der Waals surface area contributed by atoms with Gasteiger partial charge in [0.1, 0.15) is 5.75 Å². The highest BCUT2D eigenvalue weighted by Crippen LogP contribution is 2.11. The number of pyridine rings is 1. The lowest BCUT2D eigenvalue weighted by atomic mass is 10.2. The second kappa shape index (κ2) is 3.74. The van der Waals surface area contributed by atoms with E-state index in [1.165, 1.54) is 6.20 Å². The quantitative estimate of drug-likeness (QED) is 0.751. The molecule has 0 saturated heterocycles. The third-order valence-electron chi connectivity index (χ3n) is 1.73. The topological polar surface area (TPSA) is 61.8 Å². The summed E-state index contributed by atoms with van der Waals surface area (Å²) in [5.74, 6) is 0.166. The zero-order chi connectivity index (χ0) is 9.80. The Hall–Kier alpha value is -2.10. The van der Waals surface area contributed by atoms with Gasteiger partial charge in [0.05, 0.1) is 12.4 Å². The molecule has 2 rings (SSSR count). The van der Waals surface area contributed by atoms with Crippen molar-refractivity contribution in [2.75, 3.05) is 0 Å². The second-order valence-electron chi connectivity index (χ2n) is 2.84. The van der Waals surface area contributed by atoms with Crippen LogP contribution in [0.5, 0.6) is 5.75 Å². The summed E-state index contributed by atoms with van der Waals surface area (Å²) in [7, 11) is 0. The summed E-state index contributed by atoms with van der Waals surface area (Å²) in [5.41, 5.74) is 1.83. The molecule has 0 spiro atoms. The molecule has 0 amide bonds. The van der Waals surface area contributed by atoms with Crippen molar-refractivity contribution in [1.29, 1.82) is 0 Å². The summed E-state index contributed by atoms with van der Waals surface area (Å²) in [6, 6.07) is 1.64. The van der Waals surface area contributed by atoms with Crippen LogP contribution in [0.1, 0.15) is 11.1 Å². The first kappa shape index (κ1) is 8.50. The zero-order valence-electron chi connectivity index (χ0n) is 7.38. The third kappa shape index (κ3) is 1.98. The third-order valence-corrected chi connectivity index (χ3v) is 1.73. The number of rotatable bonds is 2. The molecule has 0 bridgehead atoms. The first-order chi connectivity index (χ1) is 6.84. The Morgan fingerprint density at radius 3 is 2.71 bits per heavy atom. The Labute approximate surface area is 80.9 Å². The Morgan fingerprint density at radius 2 is 2.00 bits per heavy atom. The molecule has 0 saturated carbocycles. The van der Waals surface area contributed by atoms with Crippen molar-refractivity contribution in [2.45, 2.75) is 0 Å². The number of aromatic nitrogens is 3. The number of nitrogens with zero attached hydrogens (tertiary/aromatic N) is 2. The maximum atomic E-state index is 9.16. The van der Waals surface area contributed by atoms with Crippen molar-refractivity contribution in [3.05, 3.63) is 42.0 Å². The van der Waals surface area contributed by atoms with Gasteiger partial charge in [-0.3, -0.25) is 10.1 Å². The number of H-pyrrole nitrogens is 1. The molecule has 0 atom stereocenters. The van der Waals surface area contributed by atoms with E-state index in [4.69, 9.17) is 5.11 Å². The highest BCUT2D eigenvalue weighted by Gasteiger charge is 1.91. The fraction of sp³-hybridized carbons (Fsp3) is 0. The predicted octanol–water partition coefficient (Wildman–Crippen LogP) is 1.68. The smallest absolute Gasteiger partial charge is 0.134 e. The van der Waals surface area contributed by atoms with Crippen LogP contribution < -0.4 is 0 Å². The lowest BCUT2D eigenvalue weighted by Gasteiger charge is -1.92. The van der Waals surface area contributed by atoms with E-state index in [0.717, 1.165) is 11.1 Å². The zero-order valence-corrected chi connectivity index (χ0v) is 7.38. The second-order valence-corrected chi connectivity index (χ2v) is 2.84. The highest BCUT2D eigenvalue weighted by molar-refractivity contribution is 5.68. The summed E-state index contributed by atoms with van der Waals surface area (Å²) < 4.78 is 0. The minimum Gasteiger partial charge on any atom is -0.506 e. The van der Waals surface area contributed by atoms with Crippen molar-refractivity contribution >= 4 is 12.2 Å². The van der Waals surface area contributed by atoms with E-state index in [0.29, 0.717) is 0 Å². The minimum atomic E-state index is 0.166. The fourth-order valence-electron chi connectivity index (χ4n) is 1.08. The number of hydrogen-bond acceptors (Lipinski definition) is 3. The molecule has 0 aliphatic rings. The van der Waals surface area contributed by atoms with Crippen LogP contribution in [0.15, 0.2) is 30.9 Å². The van der Waals surface area contributed by atoms with Crippen molar-refractivity contribution in [2.24, 2.45) is 0 Å². The van der Waals surface area contributed by atoms with Crippen LogP contribution in [-0.2, 0) is 0 Å². The average molecular weight is 187 g/mol. The molecule has 4 nitrogen and oxygen atoms in total. The molecule has 14 heavy (non-hydrogen) atoms. The van der Waals surface area contributed by atoms with Gasteiger partial charge >= 0.3 is 0 Å². The van der Waals surface area contributed by atoms with Crippen LogP contribution in [-0.4, -0.2) is 20.3 Å². The molecule has 2 heterocycles. The molecule has 4 heteroatoms. The van der Waals surface area contributed by atoms with Gasteiger partial charge in [-0.05, 0) is 11.6 Å². The lowest BCUT2D eigenvalue weighted by Crippen LogP contribution is -1.75. The first-order valence-electron chi connectivity index (χ1n) is 4.15. The SMILES string of the molecule is Oc1cncc(/C=C/c2cn[nH]c2)c1. The van der Waals surface area contributed by atoms with Crippen LogP contribution in [0, 0.1) is 0 Å². The average Bonchev–Trinajstić information content (AvgIpc) is 2.67. The van der Waals surface area contributed by atoms with Crippen molar-refractivity contribution < 1.29 is 5.11 Å². The van der Waals surface area contributed by atoms with Crippen LogP contribution >= 0.6 is 0 Å². The van der Waals surface area contributed by atoms with Gasteiger partial charge in [-0.15, -0.1) is 0 Å². The fourth-order valence-corrected chi connectivity index (χ4v) is 1.08. The molecule has 0 aromatic carbocycles. The van der Waals surface area contributed by atoms with Crippen molar-refractivity contribution in [3.63, 3.8) is 0 Å². The lowest BCUT2D eigenvalue weighted by molar-refractivity contribution is 0.472. The number of hydrogen-bond donors (Lipinski definition) is 2. The normalized spacial score (nSPS) is 10.9. The largest absolute Gasteiger partial charge is 0.506 e. The Bertz CT molecular complexity index is 434. The Morgan fingerprint density at radius 1 is 1.14 bits per heavy atom. The van der Waals surface area contributed by atoms with Crippen LogP contribution in [0.2, 0.25) is 0 Å². The van der Waals surface area contributed by atoms with Crippen LogP contribution in [0.25, 0.3) is 12.2 Å². The van der Waals surface area contributed by atoms with Gasteiger partial charge in [-0.25, -0.2) is 0 Å². The maximum absolute atomic E-state index is 9.16. The molecule has 0 aliphatic heterocycles. The molecule has 0 fully saturated rings. The molecule has 0 radical (unpaired) electrons. The van der Waals surface area contributed by atoms with Gasteiger partial charge in [-0.2, -0.15) is 5.10 Å². The summed E-state index contributed by atoms with van der Waals surface area (Å²) in [6.45, 7) is 0. The van der Waals surface area contributed by atoms with Gasteiger partial charge in [0.25, 0.3) is 0 Å². The summed E-state index contributed by atoms with van der Waals surface area (Å²) >= 11 is 0. The molecule has 70 valence electrons. The summed E-state index contributed by atoms with van der Waals surface area (Å²) in [6.07, 6.45) is 10.3. The number of aromatic amines is 1. The van der Waals surface area contributed by atoms with Gasteiger partial charge < -0.3 is 5.11 Å². The highest BCUT2D eigenvalue weighted by atomic mass is 16.3. The van der Waals surface area contributed by atoms with E-state index < -0.39 is 0 Å². The number of nitrogens with one attached hydrogen (secondary N) is 1. The Balaban J connectivity index is 2.18. The summed E-state index contributed by atoms with van der Waals surface area (Å²) in [4.78, 5) is 3.86. The van der Waals surface area contributed by atoms with Crippen LogP contribution in [0.4, 0.5) is 0 Å². The molecule has 0 aliphatic carbocycles. The maximum Gasteiger partial charge on any atom is 0.134 e. The van der Waals surface area contributed by atoms with Gasteiger partial charge in [-0.1, -0.05) is 12.2 Å². The van der Waals surface area contributed by atoms with E-state index in [2.05, 4.69) is 15.2 Å². The first-order valence-corrected chi connectivity index (χ1v) is 4.15. The predicted molar refractivity (Wildman–Crippen MR) is 53.4 cm³/mol. The Kier molecular flexibility index (Phi) is 2.27. The minimum absolute atomic E-state index is 0.166.